The quantitative estimate of drug-likeness (QED) is 0.724. The maximum absolute atomic E-state index is 12.7. The fraction of sp³-hybridized carbons (Fsp3) is 0.438. The molecule has 0 saturated carbocycles. The van der Waals surface area contributed by atoms with Gasteiger partial charge < -0.3 is 10.1 Å². The molecule has 1 amide bonds. The van der Waals surface area contributed by atoms with E-state index in [4.69, 9.17) is 4.74 Å². The minimum absolute atomic E-state index is 0.0924. The summed E-state index contributed by atoms with van der Waals surface area (Å²) in [5, 5.41) is 2.67. The summed E-state index contributed by atoms with van der Waals surface area (Å²) in [6, 6.07) is 6.01. The van der Waals surface area contributed by atoms with Gasteiger partial charge in [-0.25, -0.2) is 8.42 Å². The lowest BCUT2D eigenvalue weighted by molar-refractivity contribution is -0.122. The predicted molar refractivity (Wildman–Crippen MR) is 94.5 cm³/mol. The van der Waals surface area contributed by atoms with Gasteiger partial charge in [-0.1, -0.05) is 6.58 Å². The molecule has 0 radical (unpaired) electrons. The highest BCUT2D eigenvalue weighted by molar-refractivity contribution is 8.03. The van der Waals surface area contributed by atoms with Crippen molar-refractivity contribution >= 4 is 27.5 Å². The summed E-state index contributed by atoms with van der Waals surface area (Å²) in [5.41, 5.74) is 0. The molecule has 7 heteroatoms. The SMILES string of the molecule is C=C(C)SCCNC(=O)C(C)(C)S(=O)(=O)c1ccc(OC)cc1. The zero-order valence-electron chi connectivity index (χ0n) is 13.9. The van der Waals surface area contributed by atoms with Crippen LogP contribution in [0.25, 0.3) is 0 Å². The number of thioether (sulfide) groups is 1. The highest BCUT2D eigenvalue weighted by Gasteiger charge is 2.42. The summed E-state index contributed by atoms with van der Waals surface area (Å²) in [6.45, 7) is 8.85. The van der Waals surface area contributed by atoms with Gasteiger partial charge in [0.25, 0.3) is 0 Å². The number of sulfone groups is 1. The Morgan fingerprint density at radius 1 is 1.30 bits per heavy atom. The number of benzene rings is 1. The van der Waals surface area contributed by atoms with Crippen molar-refractivity contribution in [2.75, 3.05) is 19.4 Å². The fourth-order valence-electron chi connectivity index (χ4n) is 1.77. The number of hydrogen-bond acceptors (Lipinski definition) is 5. The maximum atomic E-state index is 12.7. The van der Waals surface area contributed by atoms with Crippen molar-refractivity contribution in [1.29, 1.82) is 0 Å². The van der Waals surface area contributed by atoms with E-state index < -0.39 is 20.5 Å². The van der Waals surface area contributed by atoms with Crippen molar-refractivity contribution in [2.24, 2.45) is 0 Å². The summed E-state index contributed by atoms with van der Waals surface area (Å²) < 4.78 is 28.9. The van der Waals surface area contributed by atoms with E-state index >= 15 is 0 Å². The first kappa shape index (κ1) is 19.6. The number of amides is 1. The summed E-state index contributed by atoms with van der Waals surface area (Å²) in [4.78, 5) is 13.3. The van der Waals surface area contributed by atoms with Crippen molar-refractivity contribution in [2.45, 2.75) is 30.4 Å². The molecule has 5 nitrogen and oxygen atoms in total. The Morgan fingerprint density at radius 3 is 2.35 bits per heavy atom. The van der Waals surface area contributed by atoms with Crippen LogP contribution >= 0.6 is 11.8 Å². The summed E-state index contributed by atoms with van der Waals surface area (Å²) in [7, 11) is -2.30. The minimum atomic E-state index is -3.81. The van der Waals surface area contributed by atoms with Crippen molar-refractivity contribution in [3.63, 3.8) is 0 Å². The molecule has 1 N–H and O–H groups in total. The molecule has 0 aliphatic rings. The Bertz CT molecular complexity index is 664. The third kappa shape index (κ3) is 4.75. The molecule has 23 heavy (non-hydrogen) atoms. The summed E-state index contributed by atoms with van der Waals surface area (Å²) >= 11 is 1.52. The molecule has 0 aliphatic carbocycles. The van der Waals surface area contributed by atoms with Crippen molar-refractivity contribution in [3.05, 3.63) is 35.7 Å². The predicted octanol–water partition coefficient (Wildman–Crippen LogP) is 2.63. The first-order chi connectivity index (χ1) is 10.6. The Balaban J connectivity index is 2.86. The van der Waals surface area contributed by atoms with E-state index in [0.717, 1.165) is 4.91 Å². The molecule has 0 fully saturated rings. The van der Waals surface area contributed by atoms with Gasteiger partial charge in [0.15, 0.2) is 9.84 Å². The third-order valence-corrected chi connectivity index (χ3v) is 6.65. The lowest BCUT2D eigenvalue weighted by Gasteiger charge is -2.24. The van der Waals surface area contributed by atoms with E-state index in [2.05, 4.69) is 11.9 Å². The Labute approximate surface area is 142 Å². The van der Waals surface area contributed by atoms with Gasteiger partial charge >= 0.3 is 0 Å². The van der Waals surface area contributed by atoms with Crippen molar-refractivity contribution < 1.29 is 17.9 Å². The Kier molecular flexibility index (Phi) is 6.70. The van der Waals surface area contributed by atoms with Crippen LogP contribution in [0.2, 0.25) is 0 Å². The van der Waals surface area contributed by atoms with Gasteiger partial charge in [-0.2, -0.15) is 0 Å². The fourth-order valence-corrected chi connectivity index (χ4v) is 3.73. The number of rotatable bonds is 8. The minimum Gasteiger partial charge on any atom is -0.497 e. The Hall–Kier alpha value is -1.47. The number of nitrogens with one attached hydrogen (secondary N) is 1. The molecule has 0 heterocycles. The van der Waals surface area contributed by atoms with Gasteiger partial charge in [-0.05, 0) is 49.9 Å². The number of allylic oxidation sites excluding steroid dienone is 1. The summed E-state index contributed by atoms with van der Waals surface area (Å²) in [5.74, 6) is 0.693. The van der Waals surface area contributed by atoms with Crippen LogP contribution in [0.1, 0.15) is 20.8 Å². The Morgan fingerprint density at radius 2 is 1.87 bits per heavy atom. The molecule has 0 spiro atoms. The molecule has 0 saturated heterocycles. The second kappa shape index (κ2) is 7.88. The average Bonchev–Trinajstić information content (AvgIpc) is 2.50. The topological polar surface area (TPSA) is 72.5 Å². The third-order valence-electron chi connectivity index (χ3n) is 3.32. The summed E-state index contributed by atoms with van der Waals surface area (Å²) in [6.07, 6.45) is 0. The van der Waals surface area contributed by atoms with Gasteiger partial charge in [0, 0.05) is 12.3 Å². The first-order valence-corrected chi connectivity index (χ1v) is 9.55. The van der Waals surface area contributed by atoms with Crippen molar-refractivity contribution in [3.8, 4) is 5.75 Å². The molecular weight excluding hydrogens is 334 g/mol. The molecule has 1 rings (SSSR count). The van der Waals surface area contributed by atoms with Crippen LogP contribution in [0.4, 0.5) is 0 Å². The molecule has 0 aromatic heterocycles. The number of ether oxygens (including phenoxy) is 1. The molecule has 0 aliphatic heterocycles. The zero-order chi connectivity index (χ0) is 17.7. The number of hydrogen-bond donors (Lipinski definition) is 1. The van der Waals surface area contributed by atoms with Crippen LogP contribution in [0, 0.1) is 0 Å². The second-order valence-corrected chi connectivity index (χ2v) is 9.39. The first-order valence-electron chi connectivity index (χ1n) is 7.08. The van der Waals surface area contributed by atoms with Crippen LogP contribution < -0.4 is 10.1 Å². The standard InChI is InChI=1S/C16H23NO4S2/c1-12(2)22-11-10-17-15(18)16(3,4)23(19,20)14-8-6-13(21-5)7-9-14/h6-9H,1,10-11H2,2-5H3,(H,17,18). The van der Waals surface area contributed by atoms with Crippen LogP contribution in [0.3, 0.4) is 0 Å². The van der Waals surface area contributed by atoms with E-state index in [1.165, 1.54) is 44.9 Å². The van der Waals surface area contributed by atoms with Crippen LogP contribution in [0.15, 0.2) is 40.6 Å². The molecule has 0 bridgehead atoms. The van der Waals surface area contributed by atoms with E-state index in [1.807, 2.05) is 6.92 Å². The zero-order valence-corrected chi connectivity index (χ0v) is 15.5. The van der Waals surface area contributed by atoms with E-state index in [0.29, 0.717) is 18.0 Å². The van der Waals surface area contributed by atoms with E-state index in [-0.39, 0.29) is 4.90 Å². The normalized spacial score (nSPS) is 11.8. The highest BCUT2D eigenvalue weighted by atomic mass is 32.2. The molecule has 1 aromatic rings. The number of carbonyl (C=O) groups is 1. The molecule has 0 atom stereocenters. The molecule has 128 valence electrons. The van der Waals surface area contributed by atoms with Gasteiger partial charge in [-0.15, -0.1) is 11.8 Å². The molecule has 1 aromatic carbocycles. The van der Waals surface area contributed by atoms with Gasteiger partial charge in [0.05, 0.1) is 12.0 Å². The lowest BCUT2D eigenvalue weighted by atomic mass is 10.2. The monoisotopic (exact) mass is 357 g/mol. The molecule has 0 unspecified atom stereocenters. The van der Waals surface area contributed by atoms with E-state index in [1.54, 1.807) is 12.1 Å². The molecular formula is C16H23NO4S2. The van der Waals surface area contributed by atoms with Gasteiger partial charge in [-0.3, -0.25) is 4.79 Å². The van der Waals surface area contributed by atoms with Gasteiger partial charge in [0.2, 0.25) is 5.91 Å². The number of carbonyl (C=O) groups excluding carboxylic acids is 1. The van der Waals surface area contributed by atoms with Crippen LogP contribution in [-0.4, -0.2) is 38.5 Å². The maximum Gasteiger partial charge on any atom is 0.241 e. The van der Waals surface area contributed by atoms with E-state index in [9.17, 15) is 13.2 Å². The largest absolute Gasteiger partial charge is 0.497 e. The van der Waals surface area contributed by atoms with Crippen LogP contribution in [-0.2, 0) is 14.6 Å². The smallest absolute Gasteiger partial charge is 0.241 e. The lowest BCUT2D eigenvalue weighted by Crippen LogP contribution is -2.48. The van der Waals surface area contributed by atoms with Gasteiger partial charge in [0.1, 0.15) is 10.5 Å². The highest BCUT2D eigenvalue weighted by Crippen LogP contribution is 2.27. The van der Waals surface area contributed by atoms with Crippen molar-refractivity contribution in [1.82, 2.24) is 5.32 Å². The average molecular weight is 357 g/mol. The van der Waals surface area contributed by atoms with Crippen LogP contribution in [0.5, 0.6) is 5.75 Å². The second-order valence-electron chi connectivity index (χ2n) is 5.50. The number of methoxy groups -OCH3 is 1.